The molecule has 1 N–H and O–H groups in total. The molecule has 26 heavy (non-hydrogen) atoms. The Kier molecular flexibility index (Phi) is 4.84. The standard InChI is InChI=1S/C20H21N3O2S/c24-17(18-5-4-12-26-18)9-10-20(25)21-14-7-8-16-15(13-14)22-19-6-2-1-3-11-23(16)19/h4-5,7-8,12-13H,1-3,6,9-11H2,(H,21,25). The summed E-state index contributed by atoms with van der Waals surface area (Å²) >= 11 is 1.41. The number of hydrogen-bond donors (Lipinski definition) is 1. The van der Waals surface area contributed by atoms with Crippen molar-refractivity contribution in [1.82, 2.24) is 9.55 Å². The molecule has 0 atom stereocenters. The molecular weight excluding hydrogens is 346 g/mol. The van der Waals surface area contributed by atoms with E-state index < -0.39 is 0 Å². The van der Waals surface area contributed by atoms with E-state index in [4.69, 9.17) is 4.98 Å². The van der Waals surface area contributed by atoms with Gasteiger partial charge in [0.05, 0.1) is 15.9 Å². The third kappa shape index (κ3) is 3.55. The fraction of sp³-hybridized carbons (Fsp3) is 0.350. The number of nitrogens with one attached hydrogen (secondary N) is 1. The second-order valence-corrected chi connectivity index (χ2v) is 7.59. The summed E-state index contributed by atoms with van der Waals surface area (Å²) in [5.74, 6) is 1.01. The number of amides is 1. The minimum atomic E-state index is -0.143. The Labute approximate surface area is 156 Å². The fourth-order valence-electron chi connectivity index (χ4n) is 3.44. The number of carbonyl (C=O) groups is 2. The monoisotopic (exact) mass is 367 g/mol. The van der Waals surface area contributed by atoms with Gasteiger partial charge in [-0.15, -0.1) is 11.3 Å². The number of imidazole rings is 1. The predicted octanol–water partition coefficient (Wildman–Crippen LogP) is 4.43. The van der Waals surface area contributed by atoms with E-state index in [-0.39, 0.29) is 24.5 Å². The third-order valence-corrected chi connectivity index (χ3v) is 5.68. The highest BCUT2D eigenvalue weighted by molar-refractivity contribution is 7.12. The molecule has 0 saturated carbocycles. The second kappa shape index (κ2) is 7.41. The largest absolute Gasteiger partial charge is 0.328 e. The number of thiophene rings is 1. The van der Waals surface area contributed by atoms with Crippen LogP contribution in [0.25, 0.3) is 11.0 Å². The fourth-order valence-corrected chi connectivity index (χ4v) is 4.13. The molecule has 0 aliphatic carbocycles. The third-order valence-electron chi connectivity index (χ3n) is 4.77. The van der Waals surface area contributed by atoms with Gasteiger partial charge in [-0.1, -0.05) is 12.5 Å². The molecule has 1 aromatic carbocycles. The van der Waals surface area contributed by atoms with E-state index in [1.165, 1.54) is 30.6 Å². The zero-order valence-corrected chi connectivity index (χ0v) is 15.3. The van der Waals surface area contributed by atoms with Crippen LogP contribution in [-0.4, -0.2) is 21.2 Å². The maximum atomic E-state index is 12.2. The van der Waals surface area contributed by atoms with E-state index in [0.29, 0.717) is 4.88 Å². The van der Waals surface area contributed by atoms with Crippen LogP contribution in [0.4, 0.5) is 5.69 Å². The van der Waals surface area contributed by atoms with Crippen LogP contribution in [0, 0.1) is 0 Å². The van der Waals surface area contributed by atoms with E-state index in [1.807, 2.05) is 29.6 Å². The second-order valence-electron chi connectivity index (χ2n) is 6.64. The van der Waals surface area contributed by atoms with E-state index in [2.05, 4.69) is 9.88 Å². The Hall–Kier alpha value is -2.47. The first-order valence-corrected chi connectivity index (χ1v) is 9.94. The van der Waals surface area contributed by atoms with Gasteiger partial charge in [0.1, 0.15) is 5.82 Å². The SMILES string of the molecule is O=C(CCC(=O)c1cccs1)Nc1ccc2c(c1)nc1n2CCCCC1. The van der Waals surface area contributed by atoms with Crippen LogP contribution in [0.15, 0.2) is 35.7 Å². The predicted molar refractivity (Wildman–Crippen MR) is 104 cm³/mol. The molecule has 0 spiro atoms. The minimum Gasteiger partial charge on any atom is -0.328 e. The van der Waals surface area contributed by atoms with Crippen LogP contribution in [0.2, 0.25) is 0 Å². The van der Waals surface area contributed by atoms with Gasteiger partial charge in [0.2, 0.25) is 5.91 Å². The molecule has 1 aliphatic rings. The summed E-state index contributed by atoms with van der Waals surface area (Å²) in [6.07, 6.45) is 5.06. The number of aryl methyl sites for hydroxylation is 2. The molecule has 4 rings (SSSR count). The first-order valence-electron chi connectivity index (χ1n) is 9.06. The molecule has 3 heterocycles. The summed E-state index contributed by atoms with van der Waals surface area (Å²) in [4.78, 5) is 29.6. The van der Waals surface area contributed by atoms with Crippen molar-refractivity contribution in [2.75, 3.05) is 5.32 Å². The smallest absolute Gasteiger partial charge is 0.224 e. The van der Waals surface area contributed by atoms with E-state index >= 15 is 0 Å². The maximum absolute atomic E-state index is 12.2. The Balaban J connectivity index is 1.42. The van der Waals surface area contributed by atoms with Crippen LogP contribution in [0.3, 0.4) is 0 Å². The molecule has 1 aliphatic heterocycles. The molecule has 6 heteroatoms. The summed E-state index contributed by atoms with van der Waals surface area (Å²) < 4.78 is 2.30. The number of aromatic nitrogens is 2. The highest BCUT2D eigenvalue weighted by atomic mass is 32.1. The number of Topliss-reactive ketones (excluding diaryl/α,β-unsaturated/α-hetero) is 1. The zero-order chi connectivity index (χ0) is 17.9. The maximum Gasteiger partial charge on any atom is 0.224 e. The molecule has 0 unspecified atom stereocenters. The van der Waals surface area contributed by atoms with Crippen molar-refractivity contribution >= 4 is 39.7 Å². The molecule has 0 saturated heterocycles. The molecule has 2 aromatic heterocycles. The van der Waals surface area contributed by atoms with Gasteiger partial charge < -0.3 is 9.88 Å². The summed E-state index contributed by atoms with van der Waals surface area (Å²) in [5.41, 5.74) is 2.79. The van der Waals surface area contributed by atoms with Crippen molar-refractivity contribution in [3.63, 3.8) is 0 Å². The molecule has 1 amide bonds. The molecule has 134 valence electrons. The lowest BCUT2D eigenvalue weighted by Gasteiger charge is -2.06. The van der Waals surface area contributed by atoms with Crippen LogP contribution in [0.1, 0.15) is 47.6 Å². The number of anilines is 1. The van der Waals surface area contributed by atoms with Crippen molar-refractivity contribution in [3.05, 3.63) is 46.4 Å². The topological polar surface area (TPSA) is 64.0 Å². The number of carbonyl (C=O) groups excluding carboxylic acids is 2. The van der Waals surface area contributed by atoms with Crippen molar-refractivity contribution in [3.8, 4) is 0 Å². The van der Waals surface area contributed by atoms with Crippen LogP contribution in [-0.2, 0) is 17.8 Å². The lowest BCUT2D eigenvalue weighted by Crippen LogP contribution is -2.13. The first kappa shape index (κ1) is 17.0. The van der Waals surface area contributed by atoms with Gasteiger partial charge in [0.15, 0.2) is 5.78 Å². The number of fused-ring (bicyclic) bond motifs is 3. The Morgan fingerprint density at radius 2 is 2.08 bits per heavy atom. The Bertz CT molecular complexity index is 944. The van der Waals surface area contributed by atoms with E-state index in [0.717, 1.165) is 35.5 Å². The number of ketones is 1. The summed E-state index contributed by atoms with van der Waals surface area (Å²) in [6, 6.07) is 9.52. The molecule has 0 bridgehead atoms. The van der Waals surface area contributed by atoms with Crippen molar-refractivity contribution in [2.45, 2.75) is 45.1 Å². The summed E-state index contributed by atoms with van der Waals surface area (Å²) in [5, 5.41) is 4.76. The van der Waals surface area contributed by atoms with Gasteiger partial charge in [-0.3, -0.25) is 9.59 Å². The van der Waals surface area contributed by atoms with E-state index in [9.17, 15) is 9.59 Å². The van der Waals surface area contributed by atoms with Crippen LogP contribution < -0.4 is 5.32 Å². The number of rotatable bonds is 5. The Morgan fingerprint density at radius 1 is 1.15 bits per heavy atom. The summed E-state index contributed by atoms with van der Waals surface area (Å²) in [6.45, 7) is 1.02. The van der Waals surface area contributed by atoms with Gasteiger partial charge in [-0.2, -0.15) is 0 Å². The number of nitrogens with zero attached hydrogens (tertiary/aromatic N) is 2. The van der Waals surface area contributed by atoms with Crippen molar-refractivity contribution in [2.24, 2.45) is 0 Å². The molecule has 0 radical (unpaired) electrons. The average molecular weight is 367 g/mol. The van der Waals surface area contributed by atoms with Crippen molar-refractivity contribution in [1.29, 1.82) is 0 Å². The van der Waals surface area contributed by atoms with Gasteiger partial charge in [0.25, 0.3) is 0 Å². The quantitative estimate of drug-likeness (QED) is 0.679. The highest BCUT2D eigenvalue weighted by Crippen LogP contribution is 2.24. The average Bonchev–Trinajstić information content (AvgIpc) is 3.22. The highest BCUT2D eigenvalue weighted by Gasteiger charge is 2.15. The van der Waals surface area contributed by atoms with Crippen molar-refractivity contribution < 1.29 is 9.59 Å². The zero-order valence-electron chi connectivity index (χ0n) is 14.5. The molecule has 3 aromatic rings. The van der Waals surface area contributed by atoms with Gasteiger partial charge in [-0.05, 0) is 42.5 Å². The molecular formula is C20H21N3O2S. The summed E-state index contributed by atoms with van der Waals surface area (Å²) in [7, 11) is 0. The van der Waals surface area contributed by atoms with Gasteiger partial charge in [0, 0.05) is 31.5 Å². The van der Waals surface area contributed by atoms with Crippen LogP contribution >= 0.6 is 11.3 Å². The van der Waals surface area contributed by atoms with E-state index in [1.54, 1.807) is 6.07 Å². The molecule has 5 nitrogen and oxygen atoms in total. The van der Waals surface area contributed by atoms with Gasteiger partial charge >= 0.3 is 0 Å². The number of benzene rings is 1. The lowest BCUT2D eigenvalue weighted by atomic mass is 10.2. The molecule has 0 fully saturated rings. The minimum absolute atomic E-state index is 0.0171. The number of hydrogen-bond acceptors (Lipinski definition) is 4. The Morgan fingerprint density at radius 3 is 2.92 bits per heavy atom. The van der Waals surface area contributed by atoms with Crippen LogP contribution in [0.5, 0.6) is 0 Å². The lowest BCUT2D eigenvalue weighted by molar-refractivity contribution is -0.116. The van der Waals surface area contributed by atoms with Gasteiger partial charge in [-0.25, -0.2) is 4.98 Å². The first-order chi connectivity index (χ1) is 12.7. The normalized spacial score (nSPS) is 14.0.